The Hall–Kier alpha value is -1.85. The summed E-state index contributed by atoms with van der Waals surface area (Å²) in [6, 6.07) is 6.88. The Balaban J connectivity index is 2.05. The summed E-state index contributed by atoms with van der Waals surface area (Å²) in [7, 11) is 1.52. The minimum atomic E-state index is -0.350. The van der Waals surface area contributed by atoms with E-state index >= 15 is 0 Å². The monoisotopic (exact) mass is 280 g/mol. The van der Waals surface area contributed by atoms with E-state index < -0.39 is 0 Å². The van der Waals surface area contributed by atoms with Gasteiger partial charge in [0.1, 0.15) is 5.70 Å². The lowest BCUT2D eigenvalue weighted by molar-refractivity contribution is -0.137. The number of carbonyl (C=O) groups is 2. The Kier molecular flexibility index (Phi) is 4.19. The normalized spacial score (nSPS) is 14.8. The first-order valence-electron chi connectivity index (χ1n) is 5.71. The number of carbonyl (C=O) groups excluding carboxylic acids is 2. The number of nitrogens with zero attached hydrogens (tertiary/aromatic N) is 1. The molecule has 5 nitrogen and oxygen atoms in total. The van der Waals surface area contributed by atoms with E-state index in [1.807, 2.05) is 0 Å². The molecule has 1 heterocycles. The number of benzene rings is 1. The number of ether oxygens (including phenoxy) is 1. The smallest absolute Gasteiger partial charge is 0.277 e. The maximum absolute atomic E-state index is 12.0. The van der Waals surface area contributed by atoms with Gasteiger partial charge in [0.25, 0.3) is 11.8 Å². The molecule has 1 aromatic rings. The molecule has 2 rings (SSSR count). The van der Waals surface area contributed by atoms with Crippen LogP contribution in [0.5, 0.6) is 0 Å². The highest BCUT2D eigenvalue weighted by Crippen LogP contribution is 2.18. The molecule has 1 aromatic carbocycles. The van der Waals surface area contributed by atoms with E-state index in [0.717, 1.165) is 4.90 Å². The number of methoxy groups -OCH3 is 1. The van der Waals surface area contributed by atoms with Crippen molar-refractivity contribution in [1.29, 1.82) is 0 Å². The van der Waals surface area contributed by atoms with Gasteiger partial charge in [-0.1, -0.05) is 11.6 Å². The van der Waals surface area contributed by atoms with Gasteiger partial charge < -0.3 is 10.1 Å². The SMILES string of the molecule is COCCN1C(=O)C=C(Nc2ccc(Cl)cc2)C1=O. The molecule has 0 aliphatic carbocycles. The van der Waals surface area contributed by atoms with Gasteiger partial charge in [-0.3, -0.25) is 14.5 Å². The first-order chi connectivity index (χ1) is 9.11. The minimum Gasteiger partial charge on any atom is -0.383 e. The van der Waals surface area contributed by atoms with Crippen LogP contribution in [0.2, 0.25) is 5.02 Å². The number of anilines is 1. The summed E-state index contributed by atoms with van der Waals surface area (Å²) < 4.78 is 4.86. The molecule has 19 heavy (non-hydrogen) atoms. The van der Waals surface area contributed by atoms with Crippen LogP contribution in [0.4, 0.5) is 5.69 Å². The van der Waals surface area contributed by atoms with Crippen molar-refractivity contribution < 1.29 is 14.3 Å². The average molecular weight is 281 g/mol. The molecule has 0 bridgehead atoms. The number of amides is 2. The minimum absolute atomic E-state index is 0.246. The van der Waals surface area contributed by atoms with Crippen molar-refractivity contribution in [2.75, 3.05) is 25.6 Å². The summed E-state index contributed by atoms with van der Waals surface area (Å²) in [5, 5.41) is 3.51. The summed E-state index contributed by atoms with van der Waals surface area (Å²) in [5.74, 6) is -0.685. The Bertz CT molecular complexity index is 525. The number of nitrogens with one attached hydrogen (secondary N) is 1. The standard InChI is InChI=1S/C13H13ClN2O3/c1-19-7-6-16-12(17)8-11(13(16)18)15-10-4-2-9(14)3-5-10/h2-5,8,15H,6-7H2,1H3. The molecule has 0 saturated carbocycles. The second-order valence-corrected chi connectivity index (χ2v) is 4.41. The van der Waals surface area contributed by atoms with E-state index in [4.69, 9.17) is 16.3 Å². The Labute approximate surface area is 115 Å². The van der Waals surface area contributed by atoms with Gasteiger partial charge in [-0.15, -0.1) is 0 Å². The zero-order valence-electron chi connectivity index (χ0n) is 10.4. The van der Waals surface area contributed by atoms with Gasteiger partial charge in [0.15, 0.2) is 0 Å². The molecule has 6 heteroatoms. The van der Waals surface area contributed by atoms with Crippen LogP contribution in [0.3, 0.4) is 0 Å². The lowest BCUT2D eigenvalue weighted by Crippen LogP contribution is -2.34. The first kappa shape index (κ1) is 13.6. The molecule has 0 unspecified atom stereocenters. The fraction of sp³-hybridized carbons (Fsp3) is 0.231. The summed E-state index contributed by atoms with van der Waals surface area (Å²) in [5.41, 5.74) is 0.953. The van der Waals surface area contributed by atoms with Gasteiger partial charge in [-0.25, -0.2) is 0 Å². The van der Waals surface area contributed by atoms with Crippen molar-refractivity contribution in [2.24, 2.45) is 0 Å². The van der Waals surface area contributed by atoms with Gasteiger partial charge in [0, 0.05) is 23.9 Å². The second-order valence-electron chi connectivity index (χ2n) is 3.98. The van der Waals surface area contributed by atoms with Crippen LogP contribution in [-0.2, 0) is 14.3 Å². The van der Waals surface area contributed by atoms with Gasteiger partial charge in [-0.05, 0) is 24.3 Å². The molecule has 0 saturated heterocycles. The average Bonchev–Trinajstić information content (AvgIpc) is 2.65. The molecule has 2 amide bonds. The van der Waals surface area contributed by atoms with E-state index in [1.165, 1.54) is 13.2 Å². The number of hydrogen-bond donors (Lipinski definition) is 1. The quantitative estimate of drug-likeness (QED) is 0.833. The molecule has 0 radical (unpaired) electrons. The largest absolute Gasteiger partial charge is 0.383 e. The summed E-state index contributed by atoms with van der Waals surface area (Å²) in [6.07, 6.45) is 1.28. The Morgan fingerprint density at radius 3 is 2.58 bits per heavy atom. The number of halogens is 1. The molecule has 1 aliphatic rings. The summed E-state index contributed by atoms with van der Waals surface area (Å²) in [6.45, 7) is 0.565. The molecule has 1 aliphatic heterocycles. The van der Waals surface area contributed by atoms with Gasteiger partial charge in [-0.2, -0.15) is 0 Å². The molecule has 0 spiro atoms. The Morgan fingerprint density at radius 2 is 1.95 bits per heavy atom. The lowest BCUT2D eigenvalue weighted by Gasteiger charge is -2.14. The predicted molar refractivity (Wildman–Crippen MR) is 71.8 cm³/mol. The third-order valence-corrected chi connectivity index (χ3v) is 2.90. The van der Waals surface area contributed by atoms with E-state index in [9.17, 15) is 9.59 Å². The maximum Gasteiger partial charge on any atom is 0.277 e. The fourth-order valence-corrected chi connectivity index (χ4v) is 1.81. The van der Waals surface area contributed by atoms with Gasteiger partial charge in [0.05, 0.1) is 13.2 Å². The van der Waals surface area contributed by atoms with Crippen LogP contribution in [0, 0.1) is 0 Å². The number of hydrogen-bond acceptors (Lipinski definition) is 4. The zero-order chi connectivity index (χ0) is 13.8. The maximum atomic E-state index is 12.0. The molecule has 0 atom stereocenters. The predicted octanol–water partition coefficient (Wildman–Crippen LogP) is 1.65. The zero-order valence-corrected chi connectivity index (χ0v) is 11.1. The van der Waals surface area contributed by atoms with E-state index in [2.05, 4.69) is 5.32 Å². The number of rotatable bonds is 5. The topological polar surface area (TPSA) is 58.6 Å². The highest BCUT2D eigenvalue weighted by molar-refractivity contribution is 6.30. The molecular formula is C13H13ClN2O3. The third-order valence-electron chi connectivity index (χ3n) is 2.65. The Morgan fingerprint density at radius 1 is 1.26 bits per heavy atom. The summed E-state index contributed by atoms with van der Waals surface area (Å²) in [4.78, 5) is 24.8. The van der Waals surface area contributed by atoms with Crippen LogP contribution in [0.1, 0.15) is 0 Å². The highest BCUT2D eigenvalue weighted by atomic mass is 35.5. The fourth-order valence-electron chi connectivity index (χ4n) is 1.68. The van der Waals surface area contributed by atoms with Crippen molar-refractivity contribution in [3.8, 4) is 0 Å². The van der Waals surface area contributed by atoms with Gasteiger partial charge >= 0.3 is 0 Å². The van der Waals surface area contributed by atoms with Crippen molar-refractivity contribution >= 4 is 29.1 Å². The van der Waals surface area contributed by atoms with Crippen LogP contribution < -0.4 is 5.32 Å². The third kappa shape index (κ3) is 3.13. The van der Waals surface area contributed by atoms with Crippen molar-refractivity contribution in [3.05, 3.63) is 41.1 Å². The molecule has 1 N–H and O–H groups in total. The molecule has 0 fully saturated rings. The van der Waals surface area contributed by atoms with Crippen LogP contribution in [0.25, 0.3) is 0 Å². The first-order valence-corrected chi connectivity index (χ1v) is 6.08. The van der Waals surface area contributed by atoms with E-state index in [-0.39, 0.29) is 24.1 Å². The van der Waals surface area contributed by atoms with E-state index in [0.29, 0.717) is 17.3 Å². The molecular weight excluding hydrogens is 268 g/mol. The highest BCUT2D eigenvalue weighted by Gasteiger charge is 2.30. The molecule has 100 valence electrons. The van der Waals surface area contributed by atoms with Crippen molar-refractivity contribution in [2.45, 2.75) is 0 Å². The van der Waals surface area contributed by atoms with Crippen LogP contribution in [0.15, 0.2) is 36.0 Å². The van der Waals surface area contributed by atoms with Gasteiger partial charge in [0.2, 0.25) is 0 Å². The van der Waals surface area contributed by atoms with Crippen molar-refractivity contribution in [3.63, 3.8) is 0 Å². The van der Waals surface area contributed by atoms with Crippen LogP contribution >= 0.6 is 11.6 Å². The second kappa shape index (κ2) is 5.86. The summed E-state index contributed by atoms with van der Waals surface area (Å²) >= 11 is 5.77. The van der Waals surface area contributed by atoms with Crippen LogP contribution in [-0.4, -0.2) is 37.0 Å². The number of imide groups is 1. The van der Waals surface area contributed by atoms with E-state index in [1.54, 1.807) is 24.3 Å². The lowest BCUT2D eigenvalue weighted by atomic mass is 10.3. The van der Waals surface area contributed by atoms with Crippen molar-refractivity contribution in [1.82, 2.24) is 4.90 Å². The molecule has 0 aromatic heterocycles.